The molecule has 0 fully saturated rings. The van der Waals surface area contributed by atoms with Crippen LogP contribution in [0, 0.1) is 0 Å². The Morgan fingerprint density at radius 2 is 1.71 bits per heavy atom. The highest BCUT2D eigenvalue weighted by molar-refractivity contribution is 6.04. The van der Waals surface area contributed by atoms with Crippen LogP contribution in [-0.4, -0.2) is 30.8 Å². The Kier molecular flexibility index (Phi) is 5.62. The summed E-state index contributed by atoms with van der Waals surface area (Å²) in [5.41, 5.74) is 1.36. The molecule has 24 heavy (non-hydrogen) atoms. The fraction of sp³-hybridized carbons (Fsp3) is 0.176. The summed E-state index contributed by atoms with van der Waals surface area (Å²) >= 11 is 0. The van der Waals surface area contributed by atoms with Crippen molar-refractivity contribution in [2.45, 2.75) is 6.92 Å². The van der Waals surface area contributed by atoms with Crippen molar-refractivity contribution < 1.29 is 24.2 Å². The third kappa shape index (κ3) is 4.39. The topological polar surface area (TPSA) is 96.9 Å². The number of amides is 2. The Morgan fingerprint density at radius 1 is 1.04 bits per heavy atom. The monoisotopic (exact) mass is 330 g/mol. The first-order chi connectivity index (χ1) is 11.5. The minimum absolute atomic E-state index is 0.0655. The quantitative estimate of drug-likeness (QED) is 0.782. The van der Waals surface area contributed by atoms with Crippen molar-refractivity contribution >= 4 is 23.4 Å². The molecule has 2 aromatic rings. The van der Waals surface area contributed by atoms with Gasteiger partial charge in [0.1, 0.15) is 0 Å². The van der Waals surface area contributed by atoms with Gasteiger partial charge in [0.2, 0.25) is 0 Å². The molecule has 3 N–H and O–H groups in total. The van der Waals surface area contributed by atoms with Gasteiger partial charge in [0.25, 0.3) is 5.91 Å². The van der Waals surface area contributed by atoms with Crippen LogP contribution in [0.4, 0.5) is 16.2 Å². The third-order valence-corrected chi connectivity index (χ3v) is 3.11. The molecule has 7 heteroatoms. The second-order valence-electron chi connectivity index (χ2n) is 4.76. The minimum atomic E-state index is -0.552. The number of hydrogen-bond acceptors (Lipinski definition) is 5. The largest absolute Gasteiger partial charge is 0.504 e. The van der Waals surface area contributed by atoms with Crippen molar-refractivity contribution in [3.8, 4) is 11.5 Å². The minimum Gasteiger partial charge on any atom is -0.504 e. The second-order valence-corrected chi connectivity index (χ2v) is 4.76. The second kappa shape index (κ2) is 7.87. The van der Waals surface area contributed by atoms with Gasteiger partial charge < -0.3 is 19.9 Å². The van der Waals surface area contributed by atoms with E-state index in [0.717, 1.165) is 0 Å². The molecule has 0 atom stereocenters. The highest BCUT2D eigenvalue weighted by Crippen LogP contribution is 2.28. The molecular formula is C17H18N2O5. The van der Waals surface area contributed by atoms with E-state index < -0.39 is 6.09 Å². The van der Waals surface area contributed by atoms with Crippen molar-refractivity contribution in [1.29, 1.82) is 0 Å². The first kappa shape index (κ1) is 17.1. The molecule has 2 rings (SSSR count). The van der Waals surface area contributed by atoms with Crippen LogP contribution in [0.5, 0.6) is 11.5 Å². The fourth-order valence-electron chi connectivity index (χ4n) is 1.96. The molecule has 0 spiro atoms. The average Bonchev–Trinajstić information content (AvgIpc) is 2.56. The van der Waals surface area contributed by atoms with E-state index in [9.17, 15) is 14.7 Å². The fourth-order valence-corrected chi connectivity index (χ4v) is 1.96. The molecular weight excluding hydrogens is 312 g/mol. The smallest absolute Gasteiger partial charge is 0.411 e. The van der Waals surface area contributed by atoms with E-state index in [4.69, 9.17) is 9.47 Å². The van der Waals surface area contributed by atoms with Crippen LogP contribution in [0.15, 0.2) is 42.5 Å². The van der Waals surface area contributed by atoms with Crippen LogP contribution >= 0.6 is 0 Å². The summed E-state index contributed by atoms with van der Waals surface area (Å²) in [5.74, 6) is -0.0890. The van der Waals surface area contributed by atoms with E-state index in [0.29, 0.717) is 22.7 Å². The predicted molar refractivity (Wildman–Crippen MR) is 89.7 cm³/mol. The van der Waals surface area contributed by atoms with Crippen LogP contribution in [0.25, 0.3) is 0 Å². The molecule has 0 heterocycles. The highest BCUT2D eigenvalue weighted by Gasteiger charge is 2.09. The molecule has 0 aliphatic heterocycles. The third-order valence-electron chi connectivity index (χ3n) is 3.11. The lowest BCUT2D eigenvalue weighted by Gasteiger charge is -2.09. The number of rotatable bonds is 5. The molecule has 2 amide bonds. The number of anilines is 2. The number of methoxy groups -OCH3 is 1. The van der Waals surface area contributed by atoms with E-state index in [2.05, 4.69) is 10.6 Å². The number of ether oxygens (including phenoxy) is 2. The summed E-state index contributed by atoms with van der Waals surface area (Å²) in [4.78, 5) is 23.5. The van der Waals surface area contributed by atoms with Gasteiger partial charge >= 0.3 is 6.09 Å². The summed E-state index contributed by atoms with van der Waals surface area (Å²) in [6.07, 6.45) is -0.552. The van der Waals surface area contributed by atoms with Crippen molar-refractivity contribution in [1.82, 2.24) is 0 Å². The van der Waals surface area contributed by atoms with Gasteiger partial charge in [0.15, 0.2) is 11.5 Å². The molecule has 0 radical (unpaired) electrons. The number of phenolic OH excluding ortho intramolecular Hbond substituents is 1. The number of carbonyl (C=O) groups excluding carboxylic acids is 2. The Hall–Kier alpha value is -3.22. The van der Waals surface area contributed by atoms with Crippen LogP contribution in [-0.2, 0) is 4.74 Å². The van der Waals surface area contributed by atoms with E-state index in [-0.39, 0.29) is 18.3 Å². The Balaban J connectivity index is 2.02. The lowest BCUT2D eigenvalue weighted by atomic mass is 10.2. The zero-order valence-corrected chi connectivity index (χ0v) is 13.3. The summed E-state index contributed by atoms with van der Waals surface area (Å²) in [6, 6.07) is 10.9. The highest BCUT2D eigenvalue weighted by atomic mass is 16.5. The van der Waals surface area contributed by atoms with Crippen LogP contribution in [0.1, 0.15) is 17.3 Å². The van der Waals surface area contributed by atoms with E-state index in [1.54, 1.807) is 43.3 Å². The SMILES string of the molecule is CCOC(=O)Nc1ccc(C(=O)Nc2ccc(OC)c(O)c2)cc1. The van der Waals surface area contributed by atoms with Gasteiger partial charge in [-0.25, -0.2) is 4.79 Å². The summed E-state index contributed by atoms with van der Waals surface area (Å²) in [7, 11) is 1.44. The van der Waals surface area contributed by atoms with Crippen molar-refractivity contribution in [3.05, 3.63) is 48.0 Å². The zero-order chi connectivity index (χ0) is 17.5. The molecule has 0 saturated heterocycles. The van der Waals surface area contributed by atoms with E-state index in [1.807, 2.05) is 0 Å². The van der Waals surface area contributed by atoms with Crippen LogP contribution in [0.3, 0.4) is 0 Å². The number of nitrogens with one attached hydrogen (secondary N) is 2. The van der Waals surface area contributed by atoms with Crippen LogP contribution in [0.2, 0.25) is 0 Å². The average molecular weight is 330 g/mol. The van der Waals surface area contributed by atoms with Gasteiger partial charge in [0, 0.05) is 23.0 Å². The number of carbonyl (C=O) groups is 2. The molecule has 0 unspecified atom stereocenters. The number of hydrogen-bond donors (Lipinski definition) is 3. The van der Waals surface area contributed by atoms with Gasteiger partial charge in [-0.05, 0) is 43.3 Å². The Morgan fingerprint density at radius 3 is 2.29 bits per heavy atom. The molecule has 0 saturated carbocycles. The molecule has 0 aromatic heterocycles. The summed E-state index contributed by atoms with van der Waals surface area (Å²) < 4.78 is 9.71. The predicted octanol–water partition coefficient (Wildman–Crippen LogP) is 3.22. The molecule has 0 bridgehead atoms. The van der Waals surface area contributed by atoms with Crippen LogP contribution < -0.4 is 15.4 Å². The van der Waals surface area contributed by atoms with Gasteiger partial charge in [-0.1, -0.05) is 0 Å². The van der Waals surface area contributed by atoms with Crippen molar-refractivity contribution in [2.75, 3.05) is 24.4 Å². The Labute approximate surface area is 139 Å². The van der Waals surface area contributed by atoms with Gasteiger partial charge in [-0.3, -0.25) is 10.1 Å². The summed E-state index contributed by atoms with van der Waals surface area (Å²) in [5, 5.41) is 14.9. The maximum atomic E-state index is 12.2. The van der Waals surface area contributed by atoms with Crippen molar-refractivity contribution in [2.24, 2.45) is 0 Å². The normalized spacial score (nSPS) is 9.92. The summed E-state index contributed by atoms with van der Waals surface area (Å²) in [6.45, 7) is 1.99. The Bertz CT molecular complexity index is 728. The molecule has 7 nitrogen and oxygen atoms in total. The van der Waals surface area contributed by atoms with E-state index in [1.165, 1.54) is 13.2 Å². The van der Waals surface area contributed by atoms with Gasteiger partial charge in [-0.15, -0.1) is 0 Å². The van der Waals surface area contributed by atoms with Gasteiger partial charge in [-0.2, -0.15) is 0 Å². The molecule has 2 aromatic carbocycles. The van der Waals surface area contributed by atoms with Crippen molar-refractivity contribution in [3.63, 3.8) is 0 Å². The lowest BCUT2D eigenvalue weighted by Crippen LogP contribution is -2.14. The lowest BCUT2D eigenvalue weighted by molar-refractivity contribution is 0.102. The van der Waals surface area contributed by atoms with Gasteiger partial charge in [0.05, 0.1) is 13.7 Å². The standard InChI is InChI=1S/C17H18N2O5/c1-3-24-17(22)19-12-6-4-11(5-7-12)16(21)18-13-8-9-15(23-2)14(20)10-13/h4-10,20H,3H2,1-2H3,(H,18,21)(H,19,22). The van der Waals surface area contributed by atoms with E-state index >= 15 is 0 Å². The number of phenols is 1. The zero-order valence-electron chi connectivity index (χ0n) is 13.3. The maximum Gasteiger partial charge on any atom is 0.411 e. The first-order valence-corrected chi connectivity index (χ1v) is 7.25. The first-order valence-electron chi connectivity index (χ1n) is 7.25. The number of aromatic hydroxyl groups is 1. The molecule has 126 valence electrons. The maximum absolute atomic E-state index is 12.2. The molecule has 0 aliphatic rings. The number of benzene rings is 2. The molecule has 0 aliphatic carbocycles.